The molecule has 3 amide bonds. The number of amides is 3. The molecular weight excluding hydrogens is 334 g/mol. The number of aromatic nitrogens is 2. The zero-order valence-electron chi connectivity index (χ0n) is 12.7. The molecule has 0 radical (unpaired) electrons. The fourth-order valence-corrected chi connectivity index (χ4v) is 3.55. The number of rotatable bonds is 6. The first kappa shape index (κ1) is 17.2. The number of para-hydroxylation sites is 1. The number of thioether (sulfide) groups is 1. The lowest BCUT2D eigenvalue weighted by atomic mass is 10.3. The topological polar surface area (TPSA) is 96.0 Å². The number of hydrogen-bond donors (Lipinski definition) is 3. The van der Waals surface area contributed by atoms with E-state index in [2.05, 4.69) is 26.1 Å². The molecule has 3 N–H and O–H groups in total. The van der Waals surface area contributed by atoms with E-state index in [1.807, 2.05) is 13.0 Å². The van der Waals surface area contributed by atoms with E-state index in [4.69, 9.17) is 0 Å². The summed E-state index contributed by atoms with van der Waals surface area (Å²) in [5, 5.41) is 16.2. The maximum Gasteiger partial charge on any atom is 0.325 e. The molecule has 2 aromatic rings. The second-order valence-corrected chi connectivity index (χ2v) is 7.04. The lowest BCUT2D eigenvalue weighted by Gasteiger charge is -2.10. The van der Waals surface area contributed by atoms with Crippen LogP contribution in [0.2, 0.25) is 0 Å². The minimum Gasteiger partial charge on any atom is -0.360 e. The van der Waals surface area contributed by atoms with Gasteiger partial charge in [-0.1, -0.05) is 41.3 Å². The van der Waals surface area contributed by atoms with Crippen molar-refractivity contribution in [2.75, 3.05) is 17.2 Å². The SMILES string of the molecule is CCNc1nnc(S[C@@H](C)C(=O)NC(=O)Nc2ccccc2)s1. The fourth-order valence-electron chi connectivity index (χ4n) is 1.58. The average molecular weight is 351 g/mol. The summed E-state index contributed by atoms with van der Waals surface area (Å²) in [5.74, 6) is -0.386. The molecule has 0 saturated heterocycles. The van der Waals surface area contributed by atoms with Crippen molar-refractivity contribution in [3.8, 4) is 0 Å². The van der Waals surface area contributed by atoms with Gasteiger partial charge in [-0.15, -0.1) is 10.2 Å². The van der Waals surface area contributed by atoms with Gasteiger partial charge in [-0.25, -0.2) is 4.79 Å². The van der Waals surface area contributed by atoms with Crippen LogP contribution >= 0.6 is 23.1 Å². The van der Waals surface area contributed by atoms with Gasteiger partial charge in [0.05, 0.1) is 5.25 Å². The van der Waals surface area contributed by atoms with E-state index in [1.165, 1.54) is 23.1 Å². The fraction of sp³-hybridized carbons (Fsp3) is 0.286. The summed E-state index contributed by atoms with van der Waals surface area (Å²) in [6, 6.07) is 8.37. The molecule has 23 heavy (non-hydrogen) atoms. The van der Waals surface area contributed by atoms with E-state index >= 15 is 0 Å². The molecule has 0 aliphatic heterocycles. The highest BCUT2D eigenvalue weighted by Gasteiger charge is 2.19. The van der Waals surface area contributed by atoms with Crippen molar-refractivity contribution in [3.05, 3.63) is 30.3 Å². The zero-order valence-corrected chi connectivity index (χ0v) is 14.3. The molecule has 0 aliphatic rings. The number of imide groups is 1. The Labute approximate surface area is 142 Å². The highest BCUT2D eigenvalue weighted by Crippen LogP contribution is 2.28. The van der Waals surface area contributed by atoms with E-state index < -0.39 is 11.3 Å². The normalized spacial score (nSPS) is 11.6. The maximum absolute atomic E-state index is 12.0. The van der Waals surface area contributed by atoms with Gasteiger partial charge in [0.1, 0.15) is 0 Å². The second kappa shape index (κ2) is 8.49. The average Bonchev–Trinajstić information content (AvgIpc) is 2.95. The molecular formula is C14H17N5O2S2. The third-order valence-corrected chi connectivity index (χ3v) is 4.71. The number of carbonyl (C=O) groups excluding carboxylic acids is 2. The van der Waals surface area contributed by atoms with Gasteiger partial charge in [-0.3, -0.25) is 10.1 Å². The van der Waals surface area contributed by atoms with Crippen molar-refractivity contribution in [2.24, 2.45) is 0 Å². The Hall–Kier alpha value is -2.13. The van der Waals surface area contributed by atoms with Crippen LogP contribution in [0.25, 0.3) is 0 Å². The molecule has 7 nitrogen and oxygen atoms in total. The van der Waals surface area contributed by atoms with Gasteiger partial charge in [0.15, 0.2) is 4.34 Å². The smallest absolute Gasteiger partial charge is 0.325 e. The largest absolute Gasteiger partial charge is 0.360 e. The third kappa shape index (κ3) is 5.53. The van der Waals surface area contributed by atoms with Crippen LogP contribution in [0.5, 0.6) is 0 Å². The number of urea groups is 1. The molecule has 0 aliphatic carbocycles. The highest BCUT2D eigenvalue weighted by atomic mass is 32.2. The lowest BCUT2D eigenvalue weighted by Crippen LogP contribution is -2.38. The van der Waals surface area contributed by atoms with Crippen molar-refractivity contribution in [1.29, 1.82) is 0 Å². The Morgan fingerprint density at radius 2 is 2.00 bits per heavy atom. The third-order valence-electron chi connectivity index (χ3n) is 2.65. The molecule has 0 unspecified atom stereocenters. The van der Waals surface area contributed by atoms with Crippen LogP contribution in [-0.2, 0) is 4.79 Å². The van der Waals surface area contributed by atoms with Crippen LogP contribution in [0.4, 0.5) is 15.6 Å². The Kier molecular flexibility index (Phi) is 6.36. The summed E-state index contributed by atoms with van der Waals surface area (Å²) in [6.07, 6.45) is 0. The van der Waals surface area contributed by atoms with Crippen LogP contribution in [0.15, 0.2) is 34.7 Å². The first-order chi connectivity index (χ1) is 11.1. The van der Waals surface area contributed by atoms with Gasteiger partial charge >= 0.3 is 6.03 Å². The Balaban J connectivity index is 1.83. The number of nitrogens with zero attached hydrogens (tertiary/aromatic N) is 2. The van der Waals surface area contributed by atoms with Gasteiger partial charge in [0.2, 0.25) is 11.0 Å². The van der Waals surface area contributed by atoms with E-state index in [-0.39, 0.29) is 5.91 Å². The summed E-state index contributed by atoms with van der Waals surface area (Å²) in [6.45, 7) is 4.44. The quantitative estimate of drug-likeness (QED) is 0.693. The Morgan fingerprint density at radius 1 is 1.26 bits per heavy atom. The van der Waals surface area contributed by atoms with Crippen LogP contribution in [0, 0.1) is 0 Å². The van der Waals surface area contributed by atoms with Crippen molar-refractivity contribution < 1.29 is 9.59 Å². The summed E-state index contributed by atoms with van der Waals surface area (Å²) in [4.78, 5) is 23.8. The molecule has 9 heteroatoms. The summed E-state index contributed by atoms with van der Waals surface area (Å²) in [5.41, 5.74) is 0.623. The lowest BCUT2D eigenvalue weighted by molar-refractivity contribution is -0.119. The minimum atomic E-state index is -0.556. The van der Waals surface area contributed by atoms with Gasteiger partial charge < -0.3 is 10.6 Å². The van der Waals surface area contributed by atoms with Crippen LogP contribution in [-0.4, -0.2) is 33.9 Å². The van der Waals surface area contributed by atoms with Gasteiger partial charge in [-0.2, -0.15) is 0 Å². The number of hydrogen-bond acceptors (Lipinski definition) is 7. The van der Waals surface area contributed by atoms with E-state index in [0.717, 1.165) is 6.54 Å². The zero-order chi connectivity index (χ0) is 16.7. The molecule has 1 heterocycles. The number of anilines is 2. The van der Waals surface area contributed by atoms with Crippen molar-refractivity contribution in [2.45, 2.75) is 23.4 Å². The van der Waals surface area contributed by atoms with Crippen LogP contribution < -0.4 is 16.0 Å². The summed E-state index contributed by atoms with van der Waals surface area (Å²) in [7, 11) is 0. The molecule has 1 aromatic heterocycles. The molecule has 0 spiro atoms. The van der Waals surface area contributed by atoms with Crippen LogP contribution in [0.3, 0.4) is 0 Å². The van der Waals surface area contributed by atoms with Crippen molar-refractivity contribution in [1.82, 2.24) is 15.5 Å². The molecule has 0 fully saturated rings. The van der Waals surface area contributed by atoms with E-state index in [1.54, 1.807) is 31.2 Å². The monoisotopic (exact) mass is 351 g/mol. The first-order valence-electron chi connectivity index (χ1n) is 6.99. The van der Waals surface area contributed by atoms with Crippen molar-refractivity contribution in [3.63, 3.8) is 0 Å². The first-order valence-corrected chi connectivity index (χ1v) is 8.69. The van der Waals surface area contributed by atoms with Gasteiger partial charge in [0.25, 0.3) is 0 Å². The maximum atomic E-state index is 12.0. The molecule has 0 saturated carbocycles. The summed E-state index contributed by atoms with van der Waals surface area (Å²) < 4.78 is 0.673. The Morgan fingerprint density at radius 3 is 2.70 bits per heavy atom. The van der Waals surface area contributed by atoms with E-state index in [0.29, 0.717) is 15.2 Å². The molecule has 2 rings (SSSR count). The Bertz CT molecular complexity index is 662. The number of nitrogens with one attached hydrogen (secondary N) is 3. The predicted octanol–water partition coefficient (Wildman–Crippen LogP) is 2.80. The van der Waals surface area contributed by atoms with Crippen LogP contribution in [0.1, 0.15) is 13.8 Å². The second-order valence-electron chi connectivity index (χ2n) is 4.47. The highest BCUT2D eigenvalue weighted by molar-refractivity contribution is 8.02. The van der Waals surface area contributed by atoms with Gasteiger partial charge in [-0.05, 0) is 26.0 Å². The molecule has 1 aromatic carbocycles. The molecule has 122 valence electrons. The standard InChI is InChI=1S/C14H17N5O2S2/c1-3-15-13-18-19-14(23-13)22-9(2)11(20)17-12(21)16-10-7-5-4-6-8-10/h4-9H,3H2,1-2H3,(H,15,18)(H2,16,17,20,21)/t9-/m0/s1. The minimum absolute atomic E-state index is 0.386. The number of benzene rings is 1. The molecule has 0 bridgehead atoms. The molecule has 1 atom stereocenters. The van der Waals surface area contributed by atoms with E-state index in [9.17, 15) is 9.59 Å². The van der Waals surface area contributed by atoms with Gasteiger partial charge in [0, 0.05) is 12.2 Å². The summed E-state index contributed by atoms with van der Waals surface area (Å²) >= 11 is 2.63. The number of carbonyl (C=O) groups is 2. The van der Waals surface area contributed by atoms with Crippen molar-refractivity contribution >= 4 is 45.9 Å². The predicted molar refractivity (Wildman–Crippen MR) is 93.0 cm³/mol.